The molecule has 0 saturated carbocycles. The Morgan fingerprint density at radius 2 is 2.06 bits per heavy atom. The number of nitriles is 1. The van der Waals surface area contributed by atoms with Crippen molar-refractivity contribution in [3.05, 3.63) is 69.7 Å². The third-order valence-electron chi connectivity index (χ3n) is 5.18. The van der Waals surface area contributed by atoms with Crippen LogP contribution in [0, 0.1) is 11.3 Å². The van der Waals surface area contributed by atoms with Crippen LogP contribution in [0.15, 0.2) is 48.5 Å². The Labute approximate surface area is 198 Å². The van der Waals surface area contributed by atoms with E-state index in [0.29, 0.717) is 27.9 Å². The zero-order valence-corrected chi connectivity index (χ0v) is 19.3. The van der Waals surface area contributed by atoms with Gasteiger partial charge < -0.3 is 14.8 Å². The number of hydrogen-bond acceptors (Lipinski definition) is 5. The van der Waals surface area contributed by atoms with Crippen LogP contribution >= 0.6 is 23.2 Å². The van der Waals surface area contributed by atoms with Gasteiger partial charge in [-0.15, -0.1) is 0 Å². The molecule has 168 valence electrons. The summed E-state index contributed by atoms with van der Waals surface area (Å²) in [6.07, 6.45) is 4.46. The minimum atomic E-state index is -0.430. The fourth-order valence-corrected chi connectivity index (χ4v) is 3.92. The molecule has 1 fully saturated rings. The summed E-state index contributed by atoms with van der Waals surface area (Å²) >= 11 is 12.1. The molecule has 1 saturated heterocycles. The Kier molecular flexibility index (Phi) is 8.95. The first-order chi connectivity index (χ1) is 15.5. The van der Waals surface area contributed by atoms with E-state index < -0.39 is 6.23 Å². The van der Waals surface area contributed by atoms with Crippen molar-refractivity contribution in [2.45, 2.75) is 25.2 Å². The van der Waals surface area contributed by atoms with E-state index in [1.165, 1.54) is 6.08 Å². The van der Waals surface area contributed by atoms with E-state index in [1.54, 1.807) is 49.6 Å². The van der Waals surface area contributed by atoms with Gasteiger partial charge in [-0.25, -0.2) is 0 Å². The molecule has 0 bridgehead atoms. The largest absolute Gasteiger partial charge is 0.489 e. The van der Waals surface area contributed by atoms with Crippen LogP contribution in [0.25, 0.3) is 6.08 Å². The van der Waals surface area contributed by atoms with E-state index in [9.17, 15) is 4.79 Å². The van der Waals surface area contributed by atoms with E-state index in [4.69, 9.17) is 37.9 Å². The summed E-state index contributed by atoms with van der Waals surface area (Å²) in [4.78, 5) is 14.5. The number of benzene rings is 2. The summed E-state index contributed by atoms with van der Waals surface area (Å²) in [5.41, 5.74) is 1.34. The van der Waals surface area contributed by atoms with Crippen LogP contribution in [0.1, 0.15) is 24.0 Å². The van der Waals surface area contributed by atoms with Gasteiger partial charge in [-0.2, -0.15) is 5.26 Å². The van der Waals surface area contributed by atoms with Crippen molar-refractivity contribution in [2.24, 2.45) is 0 Å². The van der Waals surface area contributed by atoms with Crippen molar-refractivity contribution < 1.29 is 14.3 Å². The minimum absolute atomic E-state index is 0.0765. The van der Waals surface area contributed by atoms with E-state index in [1.807, 2.05) is 6.07 Å². The summed E-state index contributed by atoms with van der Waals surface area (Å²) in [5.74, 6) is 0.387. The molecule has 0 aromatic heterocycles. The first-order valence-corrected chi connectivity index (χ1v) is 11.1. The second-order valence-corrected chi connectivity index (χ2v) is 8.34. The molecular weight excluding hydrogens is 449 g/mol. The van der Waals surface area contributed by atoms with Crippen molar-refractivity contribution in [3.63, 3.8) is 0 Å². The molecule has 32 heavy (non-hydrogen) atoms. The van der Waals surface area contributed by atoms with Crippen LogP contribution in [-0.4, -0.2) is 49.9 Å². The molecule has 1 amide bonds. The molecule has 1 atom stereocenters. The highest BCUT2D eigenvalue weighted by atomic mass is 35.5. The zero-order valence-electron chi connectivity index (χ0n) is 17.8. The van der Waals surface area contributed by atoms with Gasteiger partial charge in [-0.05, 0) is 54.8 Å². The maximum Gasteiger partial charge on any atom is 0.246 e. The van der Waals surface area contributed by atoms with Gasteiger partial charge in [0.25, 0.3) is 0 Å². The Balaban J connectivity index is 1.45. The molecule has 1 heterocycles. The van der Waals surface area contributed by atoms with Crippen molar-refractivity contribution >= 4 is 35.2 Å². The van der Waals surface area contributed by atoms with Gasteiger partial charge in [-0.3, -0.25) is 9.69 Å². The molecule has 8 heteroatoms. The van der Waals surface area contributed by atoms with Gasteiger partial charge in [0, 0.05) is 37.8 Å². The van der Waals surface area contributed by atoms with Crippen LogP contribution in [0.2, 0.25) is 10.0 Å². The molecule has 1 aliphatic heterocycles. The summed E-state index contributed by atoms with van der Waals surface area (Å²) in [5, 5.41) is 12.9. The summed E-state index contributed by atoms with van der Waals surface area (Å²) in [6.45, 7) is 2.22. The Morgan fingerprint density at radius 1 is 1.28 bits per heavy atom. The molecule has 2 aromatic rings. The lowest BCUT2D eigenvalue weighted by Crippen LogP contribution is -2.48. The molecule has 0 aliphatic carbocycles. The van der Waals surface area contributed by atoms with Crippen LogP contribution in [0.4, 0.5) is 0 Å². The standard InChI is InChI=1S/C24H25Cl2N3O3/c1-31-24(28-23(30)8-5-17-3-2-4-18(13-17)15-27)16-29-11-9-20(10-12-29)32-22-7-6-19(25)14-21(22)26/h2-8,13-14,20,24H,9-12,16H2,1H3,(H,28,30)/b8-5+. The molecule has 1 aliphatic rings. The monoisotopic (exact) mass is 473 g/mol. The van der Waals surface area contributed by atoms with Crippen LogP contribution in [0.3, 0.4) is 0 Å². The number of rotatable bonds is 8. The highest BCUT2D eigenvalue weighted by molar-refractivity contribution is 6.35. The number of hydrogen-bond donors (Lipinski definition) is 1. The normalized spacial score (nSPS) is 15.9. The van der Waals surface area contributed by atoms with E-state index >= 15 is 0 Å². The quantitative estimate of drug-likeness (QED) is 0.450. The lowest BCUT2D eigenvalue weighted by Gasteiger charge is -2.34. The minimum Gasteiger partial charge on any atom is -0.489 e. The molecule has 1 N–H and O–H groups in total. The molecule has 2 aromatic carbocycles. The van der Waals surface area contributed by atoms with Gasteiger partial charge in [0.1, 0.15) is 18.1 Å². The second kappa shape index (κ2) is 11.9. The topological polar surface area (TPSA) is 74.6 Å². The van der Waals surface area contributed by atoms with Crippen molar-refractivity contribution in [3.8, 4) is 11.8 Å². The van der Waals surface area contributed by atoms with Gasteiger partial charge in [0.15, 0.2) is 0 Å². The number of nitrogens with one attached hydrogen (secondary N) is 1. The predicted octanol–water partition coefficient (Wildman–Crippen LogP) is 4.51. The predicted molar refractivity (Wildman–Crippen MR) is 126 cm³/mol. The Bertz CT molecular complexity index is 998. The average molecular weight is 474 g/mol. The molecular formula is C24H25Cl2N3O3. The molecule has 6 nitrogen and oxygen atoms in total. The van der Waals surface area contributed by atoms with Gasteiger partial charge in [-0.1, -0.05) is 35.3 Å². The fourth-order valence-electron chi connectivity index (χ4n) is 3.46. The summed E-state index contributed by atoms with van der Waals surface area (Å²) in [7, 11) is 1.57. The van der Waals surface area contributed by atoms with Gasteiger partial charge >= 0.3 is 0 Å². The van der Waals surface area contributed by atoms with E-state index in [0.717, 1.165) is 31.5 Å². The van der Waals surface area contributed by atoms with Crippen LogP contribution in [-0.2, 0) is 9.53 Å². The maximum absolute atomic E-state index is 12.3. The Morgan fingerprint density at radius 3 is 2.75 bits per heavy atom. The number of nitrogens with zero attached hydrogens (tertiary/aromatic N) is 2. The first-order valence-electron chi connectivity index (χ1n) is 10.3. The third kappa shape index (κ3) is 7.25. The van der Waals surface area contributed by atoms with Crippen LogP contribution in [0.5, 0.6) is 5.75 Å². The molecule has 0 radical (unpaired) electrons. The molecule has 1 unspecified atom stereocenters. The molecule has 3 rings (SSSR count). The maximum atomic E-state index is 12.3. The first kappa shape index (κ1) is 24.1. The fraction of sp³-hybridized carbons (Fsp3) is 0.333. The lowest BCUT2D eigenvalue weighted by atomic mass is 10.1. The van der Waals surface area contributed by atoms with Gasteiger partial charge in [0.2, 0.25) is 5.91 Å². The SMILES string of the molecule is COC(CN1CCC(Oc2ccc(Cl)cc2Cl)CC1)NC(=O)/C=C/c1cccc(C#N)c1. The number of likely N-dealkylation sites (tertiary alicyclic amines) is 1. The number of methoxy groups -OCH3 is 1. The number of piperidine rings is 1. The lowest BCUT2D eigenvalue weighted by molar-refractivity contribution is -0.120. The van der Waals surface area contributed by atoms with Crippen LogP contribution < -0.4 is 10.1 Å². The number of ether oxygens (including phenoxy) is 2. The zero-order chi connectivity index (χ0) is 22.9. The summed E-state index contributed by atoms with van der Waals surface area (Å²) in [6, 6.07) is 14.4. The average Bonchev–Trinajstić information content (AvgIpc) is 2.80. The third-order valence-corrected chi connectivity index (χ3v) is 5.71. The number of carbonyl (C=O) groups is 1. The van der Waals surface area contributed by atoms with Crippen molar-refractivity contribution in [2.75, 3.05) is 26.7 Å². The van der Waals surface area contributed by atoms with E-state index in [-0.39, 0.29) is 12.0 Å². The highest BCUT2D eigenvalue weighted by Crippen LogP contribution is 2.30. The van der Waals surface area contributed by atoms with Crippen molar-refractivity contribution in [1.29, 1.82) is 5.26 Å². The number of amides is 1. The van der Waals surface area contributed by atoms with Crippen molar-refractivity contribution in [1.82, 2.24) is 10.2 Å². The van der Waals surface area contributed by atoms with Gasteiger partial charge in [0.05, 0.1) is 16.7 Å². The second-order valence-electron chi connectivity index (χ2n) is 7.50. The highest BCUT2D eigenvalue weighted by Gasteiger charge is 2.24. The summed E-state index contributed by atoms with van der Waals surface area (Å²) < 4.78 is 11.5. The smallest absolute Gasteiger partial charge is 0.246 e. The Hall–Kier alpha value is -2.56. The number of halogens is 2. The number of carbonyl (C=O) groups excluding carboxylic acids is 1. The van der Waals surface area contributed by atoms with E-state index in [2.05, 4.69) is 16.3 Å². The molecule has 0 spiro atoms.